The lowest BCUT2D eigenvalue weighted by atomic mass is 10.1. The minimum Gasteiger partial charge on any atom is -0.444 e. The fourth-order valence-corrected chi connectivity index (χ4v) is 2.55. The van der Waals surface area contributed by atoms with Gasteiger partial charge in [-0.05, 0) is 68.3 Å². The first-order chi connectivity index (χ1) is 12.9. The number of carbonyl (C=O) groups excluding carboxylic acids is 1. The molecule has 2 aromatic carbocycles. The normalized spacial score (nSPS) is 10.9. The molecular weight excluding hydrogens is 338 g/mol. The summed E-state index contributed by atoms with van der Waals surface area (Å²) in [7, 11) is 0. The van der Waals surface area contributed by atoms with Crippen molar-refractivity contribution in [3.05, 3.63) is 72.9 Å². The lowest BCUT2D eigenvalue weighted by molar-refractivity contribution is 0.0635. The molecule has 0 unspecified atom stereocenters. The molecule has 3 rings (SSSR count). The van der Waals surface area contributed by atoms with E-state index in [-0.39, 0.29) is 0 Å². The Morgan fingerprint density at radius 1 is 0.889 bits per heavy atom. The van der Waals surface area contributed by atoms with Gasteiger partial charge in [-0.3, -0.25) is 5.32 Å². The predicted octanol–water partition coefficient (Wildman–Crippen LogP) is 5.84. The van der Waals surface area contributed by atoms with Crippen LogP contribution in [0.3, 0.4) is 0 Å². The van der Waals surface area contributed by atoms with Crippen LogP contribution in [0.25, 0.3) is 11.1 Å². The lowest BCUT2D eigenvalue weighted by Gasteiger charge is -2.19. The van der Waals surface area contributed by atoms with E-state index in [1.807, 2.05) is 81.4 Å². The van der Waals surface area contributed by atoms with Gasteiger partial charge in [0.1, 0.15) is 11.4 Å². The molecule has 1 aromatic heterocycles. The maximum atomic E-state index is 11.9. The van der Waals surface area contributed by atoms with Crippen LogP contribution in [0, 0.1) is 0 Å². The van der Waals surface area contributed by atoms with Gasteiger partial charge >= 0.3 is 6.09 Å². The molecule has 5 heteroatoms. The topological polar surface area (TPSA) is 63.2 Å². The molecule has 1 heterocycles. The van der Waals surface area contributed by atoms with Crippen molar-refractivity contribution >= 4 is 23.3 Å². The number of hydrogen-bond donors (Lipinski definition) is 2. The largest absolute Gasteiger partial charge is 0.444 e. The van der Waals surface area contributed by atoms with E-state index in [1.54, 1.807) is 6.20 Å². The highest BCUT2D eigenvalue weighted by atomic mass is 16.6. The second kappa shape index (κ2) is 7.91. The molecule has 3 aromatic rings. The van der Waals surface area contributed by atoms with E-state index in [0.29, 0.717) is 5.82 Å². The fourth-order valence-electron chi connectivity index (χ4n) is 2.55. The van der Waals surface area contributed by atoms with Crippen LogP contribution in [0.15, 0.2) is 72.9 Å². The SMILES string of the molecule is CC(C)(C)OC(=O)Nc1cc(-c2cccc(Nc3ccccc3)c2)ccn1. The summed E-state index contributed by atoms with van der Waals surface area (Å²) in [5.74, 6) is 0.447. The first-order valence-corrected chi connectivity index (χ1v) is 8.78. The van der Waals surface area contributed by atoms with E-state index in [2.05, 4.69) is 21.7 Å². The molecule has 0 aliphatic carbocycles. The number of anilines is 3. The van der Waals surface area contributed by atoms with Crippen molar-refractivity contribution in [2.75, 3.05) is 10.6 Å². The van der Waals surface area contributed by atoms with Gasteiger partial charge in [0.2, 0.25) is 0 Å². The van der Waals surface area contributed by atoms with E-state index >= 15 is 0 Å². The highest BCUT2D eigenvalue weighted by Crippen LogP contribution is 2.26. The van der Waals surface area contributed by atoms with E-state index < -0.39 is 11.7 Å². The van der Waals surface area contributed by atoms with Gasteiger partial charge in [0, 0.05) is 17.6 Å². The van der Waals surface area contributed by atoms with Crippen LogP contribution in [0.5, 0.6) is 0 Å². The third kappa shape index (κ3) is 5.57. The molecule has 5 nitrogen and oxygen atoms in total. The zero-order valence-electron chi connectivity index (χ0n) is 15.7. The van der Waals surface area contributed by atoms with Crippen molar-refractivity contribution < 1.29 is 9.53 Å². The molecule has 0 saturated heterocycles. The molecular formula is C22H23N3O2. The van der Waals surface area contributed by atoms with E-state index in [0.717, 1.165) is 22.5 Å². The van der Waals surface area contributed by atoms with Gasteiger partial charge < -0.3 is 10.1 Å². The van der Waals surface area contributed by atoms with Crippen LogP contribution in [0.4, 0.5) is 22.0 Å². The van der Waals surface area contributed by atoms with Crippen LogP contribution in [-0.4, -0.2) is 16.7 Å². The number of nitrogens with one attached hydrogen (secondary N) is 2. The molecule has 27 heavy (non-hydrogen) atoms. The third-order valence-corrected chi connectivity index (χ3v) is 3.65. The Kier molecular flexibility index (Phi) is 5.41. The van der Waals surface area contributed by atoms with Crippen molar-refractivity contribution in [1.82, 2.24) is 4.98 Å². The summed E-state index contributed by atoms with van der Waals surface area (Å²) in [6.45, 7) is 5.46. The minimum atomic E-state index is -0.556. The van der Waals surface area contributed by atoms with Crippen molar-refractivity contribution in [2.24, 2.45) is 0 Å². The molecule has 0 aliphatic rings. The molecule has 1 amide bonds. The van der Waals surface area contributed by atoms with Gasteiger partial charge in [0.05, 0.1) is 0 Å². The number of ether oxygens (including phenoxy) is 1. The van der Waals surface area contributed by atoms with Gasteiger partial charge in [0.15, 0.2) is 0 Å². The van der Waals surface area contributed by atoms with Crippen molar-refractivity contribution in [3.8, 4) is 11.1 Å². The highest BCUT2D eigenvalue weighted by molar-refractivity contribution is 5.85. The molecule has 0 spiro atoms. The second-order valence-electron chi connectivity index (χ2n) is 7.13. The molecule has 0 atom stereocenters. The van der Waals surface area contributed by atoms with Crippen LogP contribution >= 0.6 is 0 Å². The Labute approximate surface area is 159 Å². The number of amides is 1. The van der Waals surface area contributed by atoms with Gasteiger partial charge in [-0.15, -0.1) is 0 Å². The summed E-state index contributed by atoms with van der Waals surface area (Å²) in [5.41, 5.74) is 3.42. The number of nitrogens with zero attached hydrogens (tertiary/aromatic N) is 1. The Morgan fingerprint density at radius 2 is 1.59 bits per heavy atom. The standard InChI is InChI=1S/C22H23N3O2/c1-22(2,3)27-21(26)25-20-15-17(12-13-23-20)16-8-7-11-19(14-16)24-18-9-5-4-6-10-18/h4-15,24H,1-3H3,(H,23,25,26). The molecule has 0 fully saturated rings. The average Bonchev–Trinajstić information content (AvgIpc) is 2.61. The fraction of sp³-hybridized carbons (Fsp3) is 0.182. The predicted molar refractivity (Wildman–Crippen MR) is 109 cm³/mol. The first-order valence-electron chi connectivity index (χ1n) is 8.78. The Morgan fingerprint density at radius 3 is 2.33 bits per heavy atom. The number of aromatic nitrogens is 1. The average molecular weight is 361 g/mol. The molecule has 0 saturated carbocycles. The maximum Gasteiger partial charge on any atom is 0.413 e. The van der Waals surface area contributed by atoms with Crippen LogP contribution in [0.1, 0.15) is 20.8 Å². The smallest absolute Gasteiger partial charge is 0.413 e. The summed E-state index contributed by atoms with van der Waals surface area (Å²) in [4.78, 5) is 16.1. The quantitative estimate of drug-likeness (QED) is 0.613. The number of hydrogen-bond acceptors (Lipinski definition) is 4. The summed E-state index contributed by atoms with van der Waals surface area (Å²) in [6, 6.07) is 21.8. The number of benzene rings is 2. The highest BCUT2D eigenvalue weighted by Gasteiger charge is 2.16. The monoisotopic (exact) mass is 361 g/mol. The first kappa shape index (κ1) is 18.5. The summed E-state index contributed by atoms with van der Waals surface area (Å²) < 4.78 is 5.27. The molecule has 138 valence electrons. The van der Waals surface area contributed by atoms with Gasteiger partial charge in [0.25, 0.3) is 0 Å². The lowest BCUT2D eigenvalue weighted by Crippen LogP contribution is -2.27. The Hall–Kier alpha value is -3.34. The Balaban J connectivity index is 1.77. The second-order valence-corrected chi connectivity index (χ2v) is 7.13. The van der Waals surface area contributed by atoms with Gasteiger partial charge in [-0.2, -0.15) is 0 Å². The van der Waals surface area contributed by atoms with E-state index in [9.17, 15) is 4.79 Å². The molecule has 2 N–H and O–H groups in total. The van der Waals surface area contributed by atoms with Crippen LogP contribution < -0.4 is 10.6 Å². The van der Waals surface area contributed by atoms with Crippen molar-refractivity contribution in [3.63, 3.8) is 0 Å². The number of carbonyl (C=O) groups is 1. The van der Waals surface area contributed by atoms with Gasteiger partial charge in [-0.25, -0.2) is 9.78 Å². The minimum absolute atomic E-state index is 0.447. The maximum absolute atomic E-state index is 11.9. The van der Waals surface area contributed by atoms with Crippen LogP contribution in [0.2, 0.25) is 0 Å². The number of pyridine rings is 1. The Bertz CT molecular complexity index is 918. The summed E-state index contributed by atoms with van der Waals surface area (Å²) in [6.07, 6.45) is 1.14. The van der Waals surface area contributed by atoms with E-state index in [4.69, 9.17) is 4.74 Å². The van der Waals surface area contributed by atoms with Gasteiger partial charge in [-0.1, -0.05) is 30.3 Å². The third-order valence-electron chi connectivity index (χ3n) is 3.65. The summed E-state index contributed by atoms with van der Waals surface area (Å²) >= 11 is 0. The summed E-state index contributed by atoms with van der Waals surface area (Å²) in [5, 5.41) is 6.06. The van der Waals surface area contributed by atoms with E-state index in [1.165, 1.54) is 0 Å². The van der Waals surface area contributed by atoms with Crippen molar-refractivity contribution in [2.45, 2.75) is 26.4 Å². The molecule has 0 aliphatic heterocycles. The molecule has 0 bridgehead atoms. The van der Waals surface area contributed by atoms with Crippen LogP contribution in [-0.2, 0) is 4.74 Å². The zero-order valence-corrected chi connectivity index (χ0v) is 15.7. The molecule has 0 radical (unpaired) electrons. The zero-order chi connectivity index (χ0) is 19.3. The number of rotatable bonds is 4. The number of para-hydroxylation sites is 1. The van der Waals surface area contributed by atoms with Crippen molar-refractivity contribution in [1.29, 1.82) is 0 Å².